The van der Waals surface area contributed by atoms with Crippen molar-refractivity contribution in [2.75, 3.05) is 6.61 Å². The molecule has 0 radical (unpaired) electrons. The van der Waals surface area contributed by atoms with Crippen LogP contribution in [0.25, 0.3) is 11.0 Å². The number of fused-ring (bicyclic) bond motifs is 1. The minimum Gasteiger partial charge on any atom is -0.464 e. The summed E-state index contributed by atoms with van der Waals surface area (Å²) in [6.45, 7) is -0.499. The summed E-state index contributed by atoms with van der Waals surface area (Å²) in [4.78, 5) is 0. The molecule has 0 saturated carbocycles. The van der Waals surface area contributed by atoms with Gasteiger partial charge in [-0.25, -0.2) is 0 Å². The minimum atomic E-state index is -1.47. The predicted octanol–water partition coefficient (Wildman–Crippen LogP) is -0.388. The Morgan fingerprint density at radius 2 is 1.86 bits per heavy atom. The molecule has 21 heavy (non-hydrogen) atoms. The average molecular weight is 296 g/mol. The van der Waals surface area contributed by atoms with Gasteiger partial charge >= 0.3 is 0 Å². The summed E-state index contributed by atoms with van der Waals surface area (Å²) in [5, 5.41) is 39.2. The lowest BCUT2D eigenvalue weighted by Gasteiger charge is -2.39. The summed E-state index contributed by atoms with van der Waals surface area (Å²) >= 11 is 0. The van der Waals surface area contributed by atoms with E-state index in [0.717, 1.165) is 0 Å². The van der Waals surface area contributed by atoms with Crippen LogP contribution in [-0.2, 0) is 4.74 Å². The van der Waals surface area contributed by atoms with Crippen LogP contribution in [0.15, 0.2) is 34.9 Å². The molecule has 1 fully saturated rings. The maximum atomic E-state index is 9.94. The van der Waals surface area contributed by atoms with E-state index in [1.807, 2.05) is 0 Å². The monoisotopic (exact) mass is 296 g/mol. The van der Waals surface area contributed by atoms with Gasteiger partial charge in [-0.3, -0.25) is 0 Å². The van der Waals surface area contributed by atoms with Crippen molar-refractivity contribution in [2.45, 2.75) is 30.7 Å². The van der Waals surface area contributed by atoms with E-state index in [0.29, 0.717) is 16.7 Å². The van der Waals surface area contributed by atoms with Crippen molar-refractivity contribution in [2.24, 2.45) is 0 Å². The van der Waals surface area contributed by atoms with Gasteiger partial charge in [-0.05, 0) is 18.2 Å². The van der Waals surface area contributed by atoms with Gasteiger partial charge in [-0.1, -0.05) is 6.07 Å². The summed E-state index contributed by atoms with van der Waals surface area (Å²) < 4.78 is 16.1. The number of benzene rings is 1. The van der Waals surface area contributed by atoms with E-state index in [2.05, 4.69) is 0 Å². The third kappa shape index (κ3) is 2.50. The van der Waals surface area contributed by atoms with Crippen molar-refractivity contribution < 1.29 is 34.3 Å². The lowest BCUT2D eigenvalue weighted by Crippen LogP contribution is -2.60. The SMILES string of the molecule is OC[C@H]1O[C@@H](Oc2cccc3occc23)[C@H](O)[C@@H](O)[C@@H]1O. The van der Waals surface area contributed by atoms with Crippen molar-refractivity contribution in [3.8, 4) is 5.75 Å². The molecule has 0 aliphatic carbocycles. The standard InChI is InChI=1S/C14H16O7/c15-6-10-11(16)12(17)13(18)14(21-10)20-9-3-1-2-8-7(9)4-5-19-8/h1-5,10-18H,6H2/t10-,11-,12+,13-,14-/m1/s1. The molecule has 0 spiro atoms. The highest BCUT2D eigenvalue weighted by atomic mass is 16.7. The van der Waals surface area contributed by atoms with Crippen molar-refractivity contribution in [1.29, 1.82) is 0 Å². The van der Waals surface area contributed by atoms with Gasteiger partial charge in [0.2, 0.25) is 6.29 Å². The molecule has 5 atom stereocenters. The highest BCUT2D eigenvalue weighted by Crippen LogP contribution is 2.30. The number of furan rings is 1. The van der Waals surface area contributed by atoms with Gasteiger partial charge in [0, 0.05) is 0 Å². The molecule has 1 aromatic carbocycles. The molecule has 1 aliphatic heterocycles. The van der Waals surface area contributed by atoms with Crippen LogP contribution in [0.1, 0.15) is 0 Å². The van der Waals surface area contributed by atoms with Crippen LogP contribution in [0.3, 0.4) is 0 Å². The Labute approximate surface area is 119 Å². The van der Waals surface area contributed by atoms with E-state index in [4.69, 9.17) is 19.0 Å². The Kier molecular flexibility index (Phi) is 3.83. The first-order valence-electron chi connectivity index (χ1n) is 6.55. The summed E-state index contributed by atoms with van der Waals surface area (Å²) in [7, 11) is 0. The molecule has 2 aromatic rings. The van der Waals surface area contributed by atoms with Gasteiger partial charge in [0.25, 0.3) is 0 Å². The Balaban J connectivity index is 1.85. The molecule has 2 heterocycles. The van der Waals surface area contributed by atoms with Crippen LogP contribution < -0.4 is 4.74 Å². The first-order chi connectivity index (χ1) is 10.1. The average Bonchev–Trinajstić information content (AvgIpc) is 2.97. The highest BCUT2D eigenvalue weighted by Gasteiger charge is 2.44. The second kappa shape index (κ2) is 5.63. The third-order valence-corrected chi connectivity index (χ3v) is 3.55. The fourth-order valence-corrected chi connectivity index (χ4v) is 2.36. The lowest BCUT2D eigenvalue weighted by atomic mass is 9.99. The molecule has 0 unspecified atom stereocenters. The molecule has 1 aromatic heterocycles. The van der Waals surface area contributed by atoms with Gasteiger partial charge in [0.05, 0.1) is 18.3 Å². The number of hydrogen-bond acceptors (Lipinski definition) is 7. The Hall–Kier alpha value is -1.64. The van der Waals surface area contributed by atoms with Gasteiger partial charge in [0.1, 0.15) is 35.7 Å². The summed E-state index contributed by atoms with van der Waals surface area (Å²) in [5.74, 6) is 0.408. The number of aliphatic hydroxyl groups is 4. The van der Waals surface area contributed by atoms with Gasteiger partial charge in [-0.2, -0.15) is 0 Å². The number of ether oxygens (including phenoxy) is 2. The van der Waals surface area contributed by atoms with Gasteiger partial charge < -0.3 is 34.3 Å². The van der Waals surface area contributed by atoms with Crippen LogP contribution in [0.5, 0.6) is 5.75 Å². The third-order valence-electron chi connectivity index (χ3n) is 3.55. The molecule has 0 amide bonds. The molecule has 7 heteroatoms. The summed E-state index contributed by atoms with van der Waals surface area (Å²) in [5.41, 5.74) is 0.608. The second-order valence-corrected chi connectivity index (χ2v) is 4.90. The van der Waals surface area contributed by atoms with Crippen LogP contribution in [-0.4, -0.2) is 57.7 Å². The quantitative estimate of drug-likeness (QED) is 0.610. The zero-order valence-electron chi connectivity index (χ0n) is 11.0. The number of aliphatic hydroxyl groups excluding tert-OH is 4. The molecule has 4 N–H and O–H groups in total. The molecule has 114 valence electrons. The topological polar surface area (TPSA) is 113 Å². The van der Waals surface area contributed by atoms with E-state index in [-0.39, 0.29) is 0 Å². The van der Waals surface area contributed by atoms with Crippen molar-refractivity contribution >= 4 is 11.0 Å². The van der Waals surface area contributed by atoms with Crippen molar-refractivity contribution in [3.63, 3.8) is 0 Å². The fraction of sp³-hybridized carbons (Fsp3) is 0.429. The molecular weight excluding hydrogens is 280 g/mol. The smallest absolute Gasteiger partial charge is 0.229 e. The van der Waals surface area contributed by atoms with E-state index in [1.54, 1.807) is 24.3 Å². The summed E-state index contributed by atoms with van der Waals surface area (Å²) in [6, 6.07) is 6.84. The van der Waals surface area contributed by atoms with E-state index in [9.17, 15) is 15.3 Å². The van der Waals surface area contributed by atoms with Crippen LogP contribution in [0, 0.1) is 0 Å². The summed E-state index contributed by atoms with van der Waals surface area (Å²) in [6.07, 6.45) is -5.02. The van der Waals surface area contributed by atoms with Crippen LogP contribution >= 0.6 is 0 Å². The molecule has 3 rings (SSSR count). The normalized spacial score (nSPS) is 33.2. The minimum absolute atomic E-state index is 0.408. The second-order valence-electron chi connectivity index (χ2n) is 4.90. The molecule has 0 bridgehead atoms. The highest BCUT2D eigenvalue weighted by molar-refractivity contribution is 5.83. The first-order valence-corrected chi connectivity index (χ1v) is 6.55. The van der Waals surface area contributed by atoms with Crippen molar-refractivity contribution in [3.05, 3.63) is 30.5 Å². The Morgan fingerprint density at radius 1 is 1.05 bits per heavy atom. The maximum absolute atomic E-state index is 9.94. The Bertz CT molecular complexity index is 608. The first kappa shape index (κ1) is 14.3. The van der Waals surface area contributed by atoms with E-state index < -0.39 is 37.3 Å². The van der Waals surface area contributed by atoms with Crippen LogP contribution in [0.2, 0.25) is 0 Å². The molecule has 7 nitrogen and oxygen atoms in total. The molecular formula is C14H16O7. The molecule has 1 aliphatic rings. The fourth-order valence-electron chi connectivity index (χ4n) is 2.36. The van der Waals surface area contributed by atoms with Gasteiger partial charge in [0.15, 0.2) is 0 Å². The maximum Gasteiger partial charge on any atom is 0.229 e. The number of rotatable bonds is 3. The van der Waals surface area contributed by atoms with Crippen molar-refractivity contribution in [1.82, 2.24) is 0 Å². The lowest BCUT2D eigenvalue weighted by molar-refractivity contribution is -0.277. The van der Waals surface area contributed by atoms with Gasteiger partial charge in [-0.15, -0.1) is 0 Å². The largest absolute Gasteiger partial charge is 0.464 e. The van der Waals surface area contributed by atoms with E-state index in [1.165, 1.54) is 6.26 Å². The Morgan fingerprint density at radius 3 is 2.62 bits per heavy atom. The zero-order valence-corrected chi connectivity index (χ0v) is 11.0. The number of hydrogen-bond donors (Lipinski definition) is 4. The molecule has 1 saturated heterocycles. The van der Waals surface area contributed by atoms with E-state index >= 15 is 0 Å². The van der Waals surface area contributed by atoms with Crippen LogP contribution in [0.4, 0.5) is 0 Å². The predicted molar refractivity (Wildman–Crippen MR) is 70.6 cm³/mol. The zero-order chi connectivity index (χ0) is 15.0.